The van der Waals surface area contributed by atoms with Gasteiger partial charge < -0.3 is 0 Å². The fourth-order valence-corrected chi connectivity index (χ4v) is 1.83. The maximum Gasteiger partial charge on any atom is 0.0689 e. The molecule has 0 aliphatic heterocycles. The SMILES string of the molecule is C#CC(CC)NC(c1ccccc1)C(C)C. The summed E-state index contributed by atoms with van der Waals surface area (Å²) in [4.78, 5) is 0. The first-order valence-corrected chi connectivity index (χ1v) is 5.96. The van der Waals surface area contributed by atoms with E-state index in [2.05, 4.69) is 56.3 Å². The quantitative estimate of drug-likeness (QED) is 0.742. The standard InChI is InChI=1S/C15H21N/c1-5-14(6-2)16-15(12(3)4)13-10-8-7-9-11-13/h1,7-12,14-16H,6H2,2-4H3. The van der Waals surface area contributed by atoms with Crippen molar-refractivity contribution in [1.29, 1.82) is 0 Å². The van der Waals surface area contributed by atoms with Crippen LogP contribution in [0.15, 0.2) is 30.3 Å². The van der Waals surface area contributed by atoms with E-state index in [4.69, 9.17) is 6.42 Å². The van der Waals surface area contributed by atoms with Crippen molar-refractivity contribution in [2.24, 2.45) is 5.92 Å². The van der Waals surface area contributed by atoms with Crippen molar-refractivity contribution in [1.82, 2.24) is 5.32 Å². The number of nitrogens with one attached hydrogen (secondary N) is 1. The van der Waals surface area contributed by atoms with Gasteiger partial charge in [0.1, 0.15) is 0 Å². The first-order valence-electron chi connectivity index (χ1n) is 5.96. The molecule has 0 amide bonds. The van der Waals surface area contributed by atoms with Crippen LogP contribution in [0.1, 0.15) is 38.8 Å². The third kappa shape index (κ3) is 3.40. The van der Waals surface area contributed by atoms with Gasteiger partial charge in [0, 0.05) is 6.04 Å². The fraction of sp³-hybridized carbons (Fsp3) is 0.467. The lowest BCUT2D eigenvalue weighted by Gasteiger charge is -2.26. The molecule has 0 bridgehead atoms. The van der Waals surface area contributed by atoms with Crippen LogP contribution in [-0.2, 0) is 0 Å². The summed E-state index contributed by atoms with van der Waals surface area (Å²) in [5.74, 6) is 3.33. The van der Waals surface area contributed by atoms with E-state index in [1.54, 1.807) is 0 Å². The molecule has 2 unspecified atom stereocenters. The maximum atomic E-state index is 5.50. The lowest BCUT2D eigenvalue weighted by atomic mass is 9.95. The van der Waals surface area contributed by atoms with E-state index in [0.717, 1.165) is 6.42 Å². The Morgan fingerprint density at radius 3 is 2.31 bits per heavy atom. The number of benzene rings is 1. The maximum absolute atomic E-state index is 5.50. The van der Waals surface area contributed by atoms with Gasteiger partial charge in [-0.25, -0.2) is 0 Å². The summed E-state index contributed by atoms with van der Waals surface area (Å²) < 4.78 is 0. The highest BCUT2D eigenvalue weighted by molar-refractivity contribution is 5.20. The minimum absolute atomic E-state index is 0.160. The van der Waals surface area contributed by atoms with E-state index >= 15 is 0 Å². The van der Waals surface area contributed by atoms with Crippen LogP contribution in [0.5, 0.6) is 0 Å². The Kier molecular flexibility index (Phi) is 5.08. The molecule has 0 aromatic heterocycles. The molecule has 1 rings (SSSR count). The third-order valence-electron chi connectivity index (χ3n) is 2.82. The Balaban J connectivity index is 2.81. The zero-order chi connectivity index (χ0) is 12.0. The van der Waals surface area contributed by atoms with Crippen LogP contribution >= 0.6 is 0 Å². The molecule has 1 heteroatoms. The smallest absolute Gasteiger partial charge is 0.0689 e. The molecule has 2 atom stereocenters. The van der Waals surface area contributed by atoms with Gasteiger partial charge in [0.25, 0.3) is 0 Å². The lowest BCUT2D eigenvalue weighted by molar-refractivity contribution is 0.386. The summed E-state index contributed by atoms with van der Waals surface area (Å²) in [6, 6.07) is 11.0. The molecule has 0 saturated carbocycles. The molecule has 1 aromatic rings. The zero-order valence-electron chi connectivity index (χ0n) is 10.4. The molecule has 16 heavy (non-hydrogen) atoms. The minimum atomic E-state index is 0.160. The van der Waals surface area contributed by atoms with Crippen LogP contribution in [0.3, 0.4) is 0 Å². The van der Waals surface area contributed by atoms with E-state index in [-0.39, 0.29) is 6.04 Å². The van der Waals surface area contributed by atoms with Gasteiger partial charge in [-0.1, -0.05) is 57.0 Å². The second kappa shape index (κ2) is 6.35. The van der Waals surface area contributed by atoms with E-state index in [1.165, 1.54) is 5.56 Å². The number of rotatable bonds is 5. The normalized spacial score (nSPS) is 14.4. The van der Waals surface area contributed by atoms with Gasteiger partial charge in [-0.2, -0.15) is 0 Å². The van der Waals surface area contributed by atoms with E-state index in [9.17, 15) is 0 Å². The summed E-state index contributed by atoms with van der Waals surface area (Å²) in [5, 5.41) is 3.53. The van der Waals surface area contributed by atoms with E-state index in [1.807, 2.05) is 6.07 Å². The molecule has 0 spiro atoms. The van der Waals surface area contributed by atoms with Gasteiger partial charge in [0.15, 0.2) is 0 Å². The van der Waals surface area contributed by atoms with Crippen molar-refractivity contribution in [3.05, 3.63) is 35.9 Å². The Morgan fingerprint density at radius 1 is 1.25 bits per heavy atom. The van der Waals surface area contributed by atoms with Gasteiger partial charge in [0.2, 0.25) is 0 Å². The molecule has 1 N–H and O–H groups in total. The van der Waals surface area contributed by atoms with Crippen molar-refractivity contribution >= 4 is 0 Å². The predicted octanol–water partition coefficient (Wildman–Crippen LogP) is 3.39. The van der Waals surface area contributed by atoms with Crippen LogP contribution in [0.25, 0.3) is 0 Å². The molecule has 0 radical (unpaired) electrons. The second-order valence-corrected chi connectivity index (χ2v) is 4.43. The molecule has 0 saturated heterocycles. The molecule has 1 aromatic carbocycles. The van der Waals surface area contributed by atoms with Crippen LogP contribution in [-0.4, -0.2) is 6.04 Å². The molecule has 1 nitrogen and oxygen atoms in total. The van der Waals surface area contributed by atoms with Gasteiger partial charge in [-0.3, -0.25) is 5.32 Å². The molecule has 0 aliphatic rings. The first-order chi connectivity index (χ1) is 7.69. The summed E-state index contributed by atoms with van der Waals surface area (Å²) >= 11 is 0. The number of hydrogen-bond donors (Lipinski definition) is 1. The lowest BCUT2D eigenvalue weighted by Crippen LogP contribution is -2.34. The van der Waals surface area contributed by atoms with Gasteiger partial charge in [-0.05, 0) is 17.9 Å². The number of terminal acetylenes is 1. The monoisotopic (exact) mass is 215 g/mol. The average molecular weight is 215 g/mol. The van der Waals surface area contributed by atoms with Gasteiger partial charge in [0.05, 0.1) is 6.04 Å². The first kappa shape index (κ1) is 12.8. The van der Waals surface area contributed by atoms with Crippen molar-refractivity contribution < 1.29 is 0 Å². The summed E-state index contributed by atoms with van der Waals surface area (Å²) in [6.45, 7) is 6.54. The van der Waals surface area contributed by atoms with Crippen LogP contribution < -0.4 is 5.32 Å². The molecule has 0 heterocycles. The van der Waals surface area contributed by atoms with Crippen molar-refractivity contribution in [2.45, 2.75) is 39.3 Å². The van der Waals surface area contributed by atoms with E-state index < -0.39 is 0 Å². The molecule has 0 fully saturated rings. The molecular weight excluding hydrogens is 194 g/mol. The zero-order valence-corrected chi connectivity index (χ0v) is 10.4. The average Bonchev–Trinajstić information content (AvgIpc) is 2.31. The Morgan fingerprint density at radius 2 is 1.88 bits per heavy atom. The Labute approximate surface area is 99.3 Å². The Bertz CT molecular complexity index is 334. The van der Waals surface area contributed by atoms with Crippen molar-refractivity contribution in [3.8, 4) is 12.3 Å². The van der Waals surface area contributed by atoms with E-state index in [0.29, 0.717) is 12.0 Å². The summed E-state index contributed by atoms with van der Waals surface area (Å²) in [6.07, 6.45) is 6.46. The predicted molar refractivity (Wildman–Crippen MR) is 70.1 cm³/mol. The topological polar surface area (TPSA) is 12.0 Å². The van der Waals surface area contributed by atoms with Crippen molar-refractivity contribution in [2.75, 3.05) is 0 Å². The molecule has 86 valence electrons. The van der Waals surface area contributed by atoms with Crippen LogP contribution in [0, 0.1) is 18.3 Å². The highest BCUT2D eigenvalue weighted by atomic mass is 14.9. The minimum Gasteiger partial charge on any atom is -0.297 e. The summed E-state index contributed by atoms with van der Waals surface area (Å²) in [5.41, 5.74) is 1.31. The molecular formula is C15H21N. The Hall–Kier alpha value is -1.26. The highest BCUT2D eigenvalue weighted by Gasteiger charge is 2.17. The fourth-order valence-electron chi connectivity index (χ4n) is 1.83. The second-order valence-electron chi connectivity index (χ2n) is 4.43. The van der Waals surface area contributed by atoms with Crippen LogP contribution in [0.4, 0.5) is 0 Å². The highest BCUT2D eigenvalue weighted by Crippen LogP contribution is 2.22. The van der Waals surface area contributed by atoms with Gasteiger partial charge >= 0.3 is 0 Å². The third-order valence-corrected chi connectivity index (χ3v) is 2.82. The number of hydrogen-bond acceptors (Lipinski definition) is 1. The molecule has 0 aliphatic carbocycles. The summed E-state index contributed by atoms with van der Waals surface area (Å²) in [7, 11) is 0. The van der Waals surface area contributed by atoms with Crippen LogP contribution in [0.2, 0.25) is 0 Å². The largest absolute Gasteiger partial charge is 0.297 e. The van der Waals surface area contributed by atoms with Gasteiger partial charge in [-0.15, -0.1) is 6.42 Å². The van der Waals surface area contributed by atoms with Crippen molar-refractivity contribution in [3.63, 3.8) is 0 Å².